The van der Waals surface area contributed by atoms with E-state index < -0.39 is 6.10 Å². The summed E-state index contributed by atoms with van der Waals surface area (Å²) in [5, 5.41) is 11.9. The van der Waals surface area contributed by atoms with Crippen molar-refractivity contribution in [3.63, 3.8) is 0 Å². The fourth-order valence-electron chi connectivity index (χ4n) is 4.35. The maximum atomic E-state index is 13.5. The van der Waals surface area contributed by atoms with Gasteiger partial charge >= 0.3 is 0 Å². The van der Waals surface area contributed by atoms with E-state index in [1.165, 1.54) is 0 Å². The van der Waals surface area contributed by atoms with Crippen molar-refractivity contribution in [3.05, 3.63) is 64.8 Å². The first-order valence-corrected chi connectivity index (χ1v) is 10.7. The number of ketones is 1. The molecule has 2 heterocycles. The summed E-state index contributed by atoms with van der Waals surface area (Å²) >= 11 is 0. The van der Waals surface area contributed by atoms with Gasteiger partial charge in [0.15, 0.2) is 0 Å². The Morgan fingerprint density at radius 3 is 2.48 bits per heavy atom. The van der Waals surface area contributed by atoms with Gasteiger partial charge in [-0.2, -0.15) is 0 Å². The van der Waals surface area contributed by atoms with Crippen molar-refractivity contribution in [1.29, 1.82) is 0 Å². The Kier molecular flexibility index (Phi) is 6.41. The van der Waals surface area contributed by atoms with Crippen molar-refractivity contribution in [2.75, 3.05) is 40.0 Å². The molecule has 0 unspecified atom stereocenters. The lowest BCUT2D eigenvalue weighted by atomic mass is 10.0. The molecule has 164 valence electrons. The van der Waals surface area contributed by atoms with Crippen molar-refractivity contribution in [2.45, 2.75) is 26.5 Å². The summed E-state index contributed by atoms with van der Waals surface area (Å²) in [4.78, 5) is 15.8. The SMILES string of the molecule is COc1ccc(C(=O)c2c(C)c3cc(C)ccc3n2C[C@H](O)CN2CCOCC2)cc1. The average molecular weight is 423 g/mol. The standard InChI is InChI=1S/C25H30N2O4/c1-17-4-9-23-22(14-17)18(2)24(25(29)19-5-7-21(30-3)8-6-19)27(23)16-20(28)15-26-10-12-31-13-11-26/h4-9,14,20,28H,10-13,15-16H2,1-3H3/t20-/m1/s1. The highest BCUT2D eigenvalue weighted by atomic mass is 16.5. The molecule has 1 aliphatic rings. The predicted molar refractivity (Wildman–Crippen MR) is 121 cm³/mol. The molecule has 1 fully saturated rings. The summed E-state index contributed by atoms with van der Waals surface area (Å²) in [6.45, 7) is 7.99. The van der Waals surface area contributed by atoms with E-state index in [0.29, 0.717) is 43.3 Å². The van der Waals surface area contributed by atoms with E-state index in [1.807, 2.05) is 23.6 Å². The summed E-state index contributed by atoms with van der Waals surface area (Å²) in [7, 11) is 1.61. The van der Waals surface area contributed by atoms with Crippen molar-refractivity contribution < 1.29 is 19.4 Å². The molecule has 0 bridgehead atoms. The largest absolute Gasteiger partial charge is 0.497 e. The number of aliphatic hydroxyl groups is 1. The van der Waals surface area contributed by atoms with E-state index >= 15 is 0 Å². The van der Waals surface area contributed by atoms with E-state index in [9.17, 15) is 9.90 Å². The summed E-state index contributed by atoms with van der Waals surface area (Å²) in [6, 6.07) is 13.4. The minimum absolute atomic E-state index is 0.0485. The van der Waals surface area contributed by atoms with Gasteiger partial charge in [-0.3, -0.25) is 9.69 Å². The maximum absolute atomic E-state index is 13.5. The zero-order valence-corrected chi connectivity index (χ0v) is 18.4. The third-order valence-corrected chi connectivity index (χ3v) is 6.01. The fraction of sp³-hybridized carbons (Fsp3) is 0.400. The van der Waals surface area contributed by atoms with Gasteiger partial charge in [-0.25, -0.2) is 0 Å². The molecular formula is C25H30N2O4. The van der Waals surface area contributed by atoms with Crippen molar-refractivity contribution in [3.8, 4) is 5.75 Å². The minimum Gasteiger partial charge on any atom is -0.497 e. The van der Waals surface area contributed by atoms with Crippen LogP contribution in [0, 0.1) is 13.8 Å². The number of morpholine rings is 1. The molecule has 2 aromatic carbocycles. The van der Waals surface area contributed by atoms with Crippen LogP contribution in [0.5, 0.6) is 5.75 Å². The number of benzene rings is 2. The van der Waals surface area contributed by atoms with E-state index in [1.54, 1.807) is 31.4 Å². The first-order valence-electron chi connectivity index (χ1n) is 10.7. The molecule has 4 rings (SSSR count). The Morgan fingerprint density at radius 1 is 1.10 bits per heavy atom. The Labute approximate surface area is 183 Å². The first-order chi connectivity index (χ1) is 15.0. The minimum atomic E-state index is -0.586. The number of β-amino-alcohol motifs (C(OH)–C–C–N with tert-alkyl or cyclic N) is 1. The monoisotopic (exact) mass is 422 g/mol. The van der Waals surface area contributed by atoms with E-state index in [-0.39, 0.29) is 5.78 Å². The second kappa shape index (κ2) is 9.22. The molecule has 0 spiro atoms. The smallest absolute Gasteiger partial charge is 0.209 e. The number of fused-ring (bicyclic) bond motifs is 1. The molecule has 31 heavy (non-hydrogen) atoms. The molecule has 6 heteroatoms. The highest BCUT2D eigenvalue weighted by molar-refractivity contribution is 6.12. The second-order valence-electron chi connectivity index (χ2n) is 8.23. The lowest BCUT2D eigenvalue weighted by Gasteiger charge is -2.29. The molecule has 6 nitrogen and oxygen atoms in total. The molecule has 1 atom stereocenters. The Hall–Kier alpha value is -2.67. The molecule has 1 aromatic heterocycles. The molecule has 0 amide bonds. The van der Waals surface area contributed by atoms with Gasteiger partial charge in [-0.15, -0.1) is 0 Å². The molecule has 1 aliphatic heterocycles. The number of carbonyl (C=O) groups excluding carboxylic acids is 1. The maximum Gasteiger partial charge on any atom is 0.209 e. The van der Waals surface area contributed by atoms with Crippen LogP contribution in [-0.4, -0.2) is 66.4 Å². The zero-order valence-electron chi connectivity index (χ0n) is 18.4. The average Bonchev–Trinajstić information content (AvgIpc) is 3.04. The lowest BCUT2D eigenvalue weighted by molar-refractivity contribution is 0.0117. The van der Waals surface area contributed by atoms with Crippen molar-refractivity contribution >= 4 is 16.7 Å². The number of hydrogen-bond acceptors (Lipinski definition) is 5. The van der Waals surface area contributed by atoms with Gasteiger partial charge < -0.3 is 19.1 Å². The number of ether oxygens (including phenoxy) is 2. The molecule has 3 aromatic rings. The van der Waals surface area contributed by atoms with Gasteiger partial charge in [0, 0.05) is 36.1 Å². The number of carbonyl (C=O) groups is 1. The van der Waals surface area contributed by atoms with Crippen molar-refractivity contribution in [1.82, 2.24) is 9.47 Å². The molecule has 0 radical (unpaired) electrons. The van der Waals surface area contributed by atoms with Crippen LogP contribution in [0.4, 0.5) is 0 Å². The van der Waals surface area contributed by atoms with Crippen LogP contribution in [0.15, 0.2) is 42.5 Å². The van der Waals surface area contributed by atoms with Gasteiger partial charge in [-0.1, -0.05) is 11.6 Å². The Morgan fingerprint density at radius 2 is 1.81 bits per heavy atom. The van der Waals surface area contributed by atoms with Crippen molar-refractivity contribution in [2.24, 2.45) is 0 Å². The normalized spacial score (nSPS) is 15.9. The van der Waals surface area contributed by atoms with Crippen LogP contribution < -0.4 is 4.74 Å². The lowest BCUT2D eigenvalue weighted by Crippen LogP contribution is -2.42. The Balaban J connectivity index is 1.70. The molecule has 1 saturated heterocycles. The first kappa shape index (κ1) is 21.6. The summed E-state index contributed by atoms with van der Waals surface area (Å²) < 4.78 is 12.6. The van der Waals surface area contributed by atoms with Crippen LogP contribution >= 0.6 is 0 Å². The van der Waals surface area contributed by atoms with Crippen LogP contribution in [0.3, 0.4) is 0 Å². The third kappa shape index (κ3) is 4.51. The van der Waals surface area contributed by atoms with E-state index in [0.717, 1.165) is 35.1 Å². The molecular weight excluding hydrogens is 392 g/mol. The van der Waals surface area contributed by atoms with Crippen LogP contribution in [-0.2, 0) is 11.3 Å². The van der Waals surface area contributed by atoms with E-state index in [2.05, 4.69) is 17.9 Å². The second-order valence-corrected chi connectivity index (χ2v) is 8.23. The summed E-state index contributed by atoms with van der Waals surface area (Å²) in [5.41, 5.74) is 4.29. The number of rotatable bonds is 7. The van der Waals surface area contributed by atoms with E-state index in [4.69, 9.17) is 9.47 Å². The number of methoxy groups -OCH3 is 1. The molecule has 1 N–H and O–H groups in total. The van der Waals surface area contributed by atoms with Crippen LogP contribution in [0.25, 0.3) is 10.9 Å². The predicted octanol–water partition coefficient (Wildman–Crippen LogP) is 3.19. The zero-order chi connectivity index (χ0) is 22.0. The number of aliphatic hydroxyl groups excluding tert-OH is 1. The van der Waals surface area contributed by atoms with Crippen LogP contribution in [0.2, 0.25) is 0 Å². The van der Waals surface area contributed by atoms with Gasteiger partial charge in [0.25, 0.3) is 0 Å². The highest BCUT2D eigenvalue weighted by Crippen LogP contribution is 2.29. The van der Waals surface area contributed by atoms with Gasteiger partial charge in [0.2, 0.25) is 5.78 Å². The number of aromatic nitrogens is 1. The van der Waals surface area contributed by atoms with Gasteiger partial charge in [0.1, 0.15) is 5.75 Å². The number of aryl methyl sites for hydroxylation is 2. The summed E-state index contributed by atoms with van der Waals surface area (Å²) in [5.74, 6) is 0.665. The number of hydrogen-bond donors (Lipinski definition) is 1. The van der Waals surface area contributed by atoms with Crippen LogP contribution in [0.1, 0.15) is 27.2 Å². The molecule has 0 aliphatic carbocycles. The Bertz CT molecular complexity index is 1070. The third-order valence-electron chi connectivity index (χ3n) is 6.01. The number of nitrogens with zero attached hydrogens (tertiary/aromatic N) is 2. The molecule has 0 saturated carbocycles. The topological polar surface area (TPSA) is 63.9 Å². The highest BCUT2D eigenvalue weighted by Gasteiger charge is 2.24. The van der Waals surface area contributed by atoms with Gasteiger partial charge in [-0.05, 0) is 55.8 Å². The van der Waals surface area contributed by atoms with Gasteiger partial charge in [0.05, 0.1) is 38.7 Å². The fourth-order valence-corrected chi connectivity index (χ4v) is 4.35. The summed E-state index contributed by atoms with van der Waals surface area (Å²) in [6.07, 6.45) is -0.586. The quantitative estimate of drug-likeness (QED) is 0.593.